The fourth-order valence-corrected chi connectivity index (χ4v) is 6.53. The Morgan fingerprint density at radius 2 is 2.00 bits per heavy atom. The monoisotopic (exact) mass is 609 g/mol. The molecule has 41 heavy (non-hydrogen) atoms. The number of fused-ring (bicyclic) bond motifs is 1. The largest absolute Gasteiger partial charge is 0.463 e. The SMILES string of the molecule is CC(C)OC(=O)[C@H](C)CP(=O)(OC[C@H]1O[C@@](C#N)(c2ccc3c(N)ncnn23)[C@](C)(F)[C@@H]1O)Oc1ccc(Cl)cc1. The predicted molar refractivity (Wildman–Crippen MR) is 146 cm³/mol. The van der Waals surface area contributed by atoms with Crippen LogP contribution < -0.4 is 10.3 Å². The Balaban J connectivity index is 1.62. The van der Waals surface area contributed by atoms with Crippen molar-refractivity contribution in [1.29, 1.82) is 5.26 Å². The molecule has 2 aromatic heterocycles. The van der Waals surface area contributed by atoms with E-state index in [-0.39, 0.29) is 17.3 Å². The highest BCUT2D eigenvalue weighted by molar-refractivity contribution is 7.54. The number of nitrogens with zero attached hydrogens (tertiary/aromatic N) is 4. The fourth-order valence-electron chi connectivity index (χ4n) is 4.53. The van der Waals surface area contributed by atoms with Crippen LogP contribution in [-0.2, 0) is 29.0 Å². The second-order valence-electron chi connectivity index (χ2n) is 10.2. The summed E-state index contributed by atoms with van der Waals surface area (Å²) < 4.78 is 53.9. The van der Waals surface area contributed by atoms with Crippen LogP contribution in [0.4, 0.5) is 10.2 Å². The molecule has 0 spiro atoms. The number of ether oxygens (including phenoxy) is 2. The van der Waals surface area contributed by atoms with Gasteiger partial charge in [-0.2, -0.15) is 10.4 Å². The van der Waals surface area contributed by atoms with Crippen molar-refractivity contribution in [3.8, 4) is 11.8 Å². The van der Waals surface area contributed by atoms with Crippen molar-refractivity contribution < 1.29 is 37.4 Å². The topological polar surface area (TPSA) is 171 Å². The number of carbonyl (C=O) groups excluding carboxylic acids is 1. The number of aromatic nitrogens is 3. The molecule has 12 nitrogen and oxygen atoms in total. The van der Waals surface area contributed by atoms with Gasteiger partial charge in [0.2, 0.25) is 5.60 Å². The summed E-state index contributed by atoms with van der Waals surface area (Å²) in [6.45, 7) is 5.21. The van der Waals surface area contributed by atoms with E-state index in [2.05, 4.69) is 10.1 Å². The lowest BCUT2D eigenvalue weighted by molar-refractivity contribution is -0.151. The lowest BCUT2D eigenvalue weighted by Crippen LogP contribution is -2.48. The first kappa shape index (κ1) is 30.7. The number of aliphatic hydroxyl groups is 1. The van der Waals surface area contributed by atoms with Crippen LogP contribution in [0.1, 0.15) is 33.4 Å². The second kappa shape index (κ2) is 11.5. The summed E-state index contributed by atoms with van der Waals surface area (Å²) in [6.07, 6.45) is -3.06. The number of anilines is 1. The molecule has 220 valence electrons. The van der Waals surface area contributed by atoms with Gasteiger partial charge in [-0.05, 0) is 57.2 Å². The van der Waals surface area contributed by atoms with Crippen LogP contribution >= 0.6 is 19.2 Å². The van der Waals surface area contributed by atoms with Gasteiger partial charge in [-0.1, -0.05) is 18.5 Å². The molecule has 1 fully saturated rings. The van der Waals surface area contributed by atoms with E-state index >= 15 is 4.39 Å². The maximum atomic E-state index is 16.3. The number of nitriles is 1. The van der Waals surface area contributed by atoms with E-state index in [1.165, 1.54) is 47.8 Å². The molecule has 3 aromatic rings. The van der Waals surface area contributed by atoms with Crippen LogP contribution in [-0.4, -0.2) is 62.4 Å². The van der Waals surface area contributed by atoms with Gasteiger partial charge < -0.3 is 24.8 Å². The molecule has 0 amide bonds. The molecule has 15 heteroatoms. The van der Waals surface area contributed by atoms with Crippen molar-refractivity contribution in [2.45, 2.75) is 57.3 Å². The van der Waals surface area contributed by atoms with Gasteiger partial charge in [-0.3, -0.25) is 9.32 Å². The van der Waals surface area contributed by atoms with E-state index in [0.717, 1.165) is 13.3 Å². The smallest absolute Gasteiger partial charge is 0.380 e. The van der Waals surface area contributed by atoms with Crippen molar-refractivity contribution >= 4 is 36.5 Å². The lowest BCUT2D eigenvalue weighted by atomic mass is 9.82. The van der Waals surface area contributed by atoms with Gasteiger partial charge in [0.05, 0.1) is 30.5 Å². The molecule has 1 unspecified atom stereocenters. The van der Waals surface area contributed by atoms with Crippen LogP contribution in [0.5, 0.6) is 5.75 Å². The fraction of sp³-hybridized carbons (Fsp3) is 0.462. The molecule has 0 bridgehead atoms. The maximum Gasteiger partial charge on any atom is 0.380 e. The third kappa shape index (κ3) is 5.89. The zero-order chi connectivity index (χ0) is 30.2. The van der Waals surface area contributed by atoms with Gasteiger partial charge >= 0.3 is 13.6 Å². The van der Waals surface area contributed by atoms with Crippen molar-refractivity contribution in [3.05, 3.63) is 53.4 Å². The third-order valence-electron chi connectivity index (χ3n) is 6.67. The first-order valence-electron chi connectivity index (χ1n) is 12.7. The number of esters is 1. The van der Waals surface area contributed by atoms with E-state index in [1.807, 2.05) is 6.07 Å². The molecule has 3 N–H and O–H groups in total. The Morgan fingerprint density at radius 1 is 1.32 bits per heavy atom. The summed E-state index contributed by atoms with van der Waals surface area (Å²) >= 11 is 5.94. The number of hydrogen-bond donors (Lipinski definition) is 2. The molecule has 1 aliphatic rings. The summed E-state index contributed by atoms with van der Waals surface area (Å²) in [5, 5.41) is 25.6. The summed E-state index contributed by atoms with van der Waals surface area (Å²) in [5.41, 5.74) is 1.11. The summed E-state index contributed by atoms with van der Waals surface area (Å²) in [5.74, 6) is -1.31. The molecule has 1 aliphatic heterocycles. The van der Waals surface area contributed by atoms with Gasteiger partial charge in [0.25, 0.3) is 0 Å². The van der Waals surface area contributed by atoms with Gasteiger partial charge in [0.1, 0.15) is 35.9 Å². The zero-order valence-corrected chi connectivity index (χ0v) is 24.4. The Kier molecular flexibility index (Phi) is 8.64. The molecule has 0 saturated carbocycles. The number of benzene rings is 1. The van der Waals surface area contributed by atoms with Gasteiger partial charge in [-0.15, -0.1) is 0 Å². The highest BCUT2D eigenvalue weighted by Crippen LogP contribution is 2.53. The number of nitrogens with two attached hydrogens (primary N) is 1. The normalized spacial score (nSPS) is 26.4. The number of halogens is 2. The van der Waals surface area contributed by atoms with Crippen molar-refractivity contribution in [3.63, 3.8) is 0 Å². The average Bonchev–Trinajstić information content (AvgIpc) is 3.42. The van der Waals surface area contributed by atoms with E-state index in [1.54, 1.807) is 13.8 Å². The van der Waals surface area contributed by atoms with E-state index in [9.17, 15) is 19.7 Å². The molecule has 3 heterocycles. The number of carbonyl (C=O) groups is 1. The minimum absolute atomic E-state index is 0.0405. The number of nitrogen functional groups attached to an aromatic ring is 1. The quantitative estimate of drug-likeness (QED) is 0.251. The van der Waals surface area contributed by atoms with Crippen LogP contribution in [0.25, 0.3) is 5.52 Å². The molecule has 1 aromatic carbocycles. The van der Waals surface area contributed by atoms with Crippen LogP contribution in [0, 0.1) is 17.2 Å². The van der Waals surface area contributed by atoms with Crippen LogP contribution in [0.3, 0.4) is 0 Å². The molecule has 0 radical (unpaired) electrons. The predicted octanol–water partition coefficient (Wildman–Crippen LogP) is 4.05. The minimum atomic E-state index is -4.17. The van der Waals surface area contributed by atoms with E-state index in [0.29, 0.717) is 10.5 Å². The lowest BCUT2D eigenvalue weighted by Gasteiger charge is -2.30. The second-order valence-corrected chi connectivity index (χ2v) is 12.6. The van der Waals surface area contributed by atoms with Crippen LogP contribution in [0.15, 0.2) is 42.7 Å². The van der Waals surface area contributed by atoms with Crippen molar-refractivity contribution in [2.24, 2.45) is 5.92 Å². The Labute approximate surface area is 240 Å². The highest BCUT2D eigenvalue weighted by atomic mass is 35.5. The summed E-state index contributed by atoms with van der Waals surface area (Å²) in [4.78, 5) is 16.4. The van der Waals surface area contributed by atoms with Gasteiger partial charge in [0, 0.05) is 5.02 Å². The number of aliphatic hydroxyl groups excluding tert-OH is 1. The number of alkyl halides is 1. The first-order valence-corrected chi connectivity index (χ1v) is 14.8. The summed E-state index contributed by atoms with van der Waals surface area (Å²) in [6, 6.07) is 10.7. The van der Waals surface area contributed by atoms with Crippen molar-refractivity contribution in [1.82, 2.24) is 14.6 Å². The molecule has 0 aliphatic carbocycles. The molecule has 6 atom stereocenters. The number of hydrogen-bond acceptors (Lipinski definition) is 11. The molecule has 4 rings (SSSR count). The minimum Gasteiger partial charge on any atom is -0.463 e. The first-order chi connectivity index (χ1) is 19.2. The average molecular weight is 610 g/mol. The highest BCUT2D eigenvalue weighted by Gasteiger charge is 2.67. The Morgan fingerprint density at radius 3 is 2.63 bits per heavy atom. The van der Waals surface area contributed by atoms with Gasteiger partial charge in [-0.25, -0.2) is 18.5 Å². The van der Waals surface area contributed by atoms with Crippen molar-refractivity contribution in [2.75, 3.05) is 18.5 Å². The van der Waals surface area contributed by atoms with Crippen LogP contribution in [0.2, 0.25) is 5.02 Å². The van der Waals surface area contributed by atoms with E-state index in [4.69, 9.17) is 35.9 Å². The Hall–Kier alpha value is -3.27. The third-order valence-corrected chi connectivity index (χ3v) is 8.95. The molecular weight excluding hydrogens is 580 g/mol. The van der Waals surface area contributed by atoms with E-state index < -0.39 is 61.8 Å². The van der Waals surface area contributed by atoms with Gasteiger partial charge in [0.15, 0.2) is 11.5 Å². The summed E-state index contributed by atoms with van der Waals surface area (Å²) in [7, 11) is -4.17. The standard InChI is InChI=1S/C26H30ClFN5O7P/c1-15(2)38-24(35)16(3)12-41(36,40-18-7-5-17(27)6-8-18)37-11-20-22(34)25(4,28)26(13-29,39-20)21-10-9-19-23(30)31-14-32-33(19)21/h5-10,14-16,20,22,34H,11-12H2,1-4H3,(H2,30,31,32)/t16-,20-,22-,25-,26+,41?/m1/s1. The maximum absolute atomic E-state index is 16.3. The zero-order valence-electron chi connectivity index (χ0n) is 22.7. The Bertz CT molecular complexity index is 1510. The molecular formula is C26H30ClFN5O7P. The molecule has 1 saturated heterocycles. The number of rotatable bonds is 10.